The molecule has 2 aromatic rings. The lowest BCUT2D eigenvalue weighted by atomic mass is 10.2. The topological polar surface area (TPSA) is 81.2 Å². The molecule has 0 saturated carbocycles. The molecule has 0 fully saturated rings. The van der Waals surface area contributed by atoms with E-state index in [0.717, 1.165) is 13.0 Å². The van der Waals surface area contributed by atoms with Crippen LogP contribution in [0.5, 0.6) is 0 Å². The minimum atomic E-state index is -0.444. The Morgan fingerprint density at radius 1 is 1.39 bits per heavy atom. The number of nitro benzene ring substituents is 1. The molecule has 0 aliphatic carbocycles. The normalized spacial score (nSPS) is 10.2. The molecule has 0 aliphatic rings. The fourth-order valence-corrected chi connectivity index (χ4v) is 2.34. The van der Waals surface area contributed by atoms with Crippen LogP contribution in [0.1, 0.15) is 4.88 Å². The van der Waals surface area contributed by atoms with Gasteiger partial charge in [-0.15, -0.1) is 11.3 Å². The molecule has 1 aromatic heterocycles. The lowest BCUT2D eigenvalue weighted by Gasteiger charge is -2.06. The summed E-state index contributed by atoms with van der Waals surface area (Å²) in [5.74, 6) is 0. The van der Waals surface area contributed by atoms with Crippen molar-refractivity contribution in [2.24, 2.45) is 0 Å². The van der Waals surface area contributed by atoms with E-state index in [9.17, 15) is 10.1 Å². The molecule has 0 aliphatic heterocycles. The highest BCUT2D eigenvalue weighted by Gasteiger charge is 2.08. The number of anilines is 2. The molecule has 5 nitrogen and oxygen atoms in total. The highest BCUT2D eigenvalue weighted by atomic mass is 32.1. The number of nitrogen functional groups attached to an aromatic ring is 1. The van der Waals surface area contributed by atoms with E-state index >= 15 is 0 Å². The van der Waals surface area contributed by atoms with Crippen LogP contribution >= 0.6 is 11.3 Å². The lowest BCUT2D eigenvalue weighted by Crippen LogP contribution is -2.05. The predicted molar refractivity (Wildman–Crippen MR) is 74.0 cm³/mol. The number of hydrogen-bond donors (Lipinski definition) is 2. The first kappa shape index (κ1) is 12.4. The van der Waals surface area contributed by atoms with Gasteiger partial charge < -0.3 is 11.1 Å². The minimum absolute atomic E-state index is 0.00798. The lowest BCUT2D eigenvalue weighted by molar-refractivity contribution is -0.384. The van der Waals surface area contributed by atoms with Crippen molar-refractivity contribution < 1.29 is 4.92 Å². The second kappa shape index (κ2) is 5.50. The van der Waals surface area contributed by atoms with E-state index in [4.69, 9.17) is 5.73 Å². The first-order valence-electron chi connectivity index (χ1n) is 5.46. The summed E-state index contributed by atoms with van der Waals surface area (Å²) < 4.78 is 0. The van der Waals surface area contributed by atoms with Crippen LogP contribution in [-0.4, -0.2) is 11.5 Å². The molecular weight excluding hydrogens is 250 g/mol. The van der Waals surface area contributed by atoms with Gasteiger partial charge in [-0.2, -0.15) is 0 Å². The minimum Gasteiger partial charge on any atom is -0.398 e. The molecule has 18 heavy (non-hydrogen) atoms. The van der Waals surface area contributed by atoms with Gasteiger partial charge in [-0.05, 0) is 23.9 Å². The molecule has 1 heterocycles. The Morgan fingerprint density at radius 3 is 2.89 bits per heavy atom. The van der Waals surface area contributed by atoms with Gasteiger partial charge in [0, 0.05) is 34.9 Å². The Kier molecular flexibility index (Phi) is 3.78. The summed E-state index contributed by atoms with van der Waals surface area (Å²) in [5, 5.41) is 15.9. The van der Waals surface area contributed by atoms with Gasteiger partial charge in [-0.25, -0.2) is 0 Å². The van der Waals surface area contributed by atoms with Crippen LogP contribution in [0.25, 0.3) is 0 Å². The largest absolute Gasteiger partial charge is 0.398 e. The fraction of sp³-hybridized carbons (Fsp3) is 0.167. The molecule has 6 heteroatoms. The Balaban J connectivity index is 1.98. The Morgan fingerprint density at radius 2 is 2.22 bits per heavy atom. The van der Waals surface area contributed by atoms with E-state index in [1.807, 2.05) is 11.4 Å². The summed E-state index contributed by atoms with van der Waals surface area (Å²) in [5.41, 5.74) is 6.70. The highest BCUT2D eigenvalue weighted by molar-refractivity contribution is 7.09. The van der Waals surface area contributed by atoms with Crippen molar-refractivity contribution in [3.8, 4) is 0 Å². The third-order valence-electron chi connectivity index (χ3n) is 2.43. The Labute approximate surface area is 108 Å². The van der Waals surface area contributed by atoms with Crippen LogP contribution in [0, 0.1) is 10.1 Å². The Hall–Kier alpha value is -2.08. The molecule has 0 spiro atoms. The second-order valence-electron chi connectivity index (χ2n) is 3.83. The zero-order valence-electron chi connectivity index (χ0n) is 9.63. The molecule has 94 valence electrons. The molecule has 0 saturated heterocycles. The molecule has 0 atom stereocenters. The van der Waals surface area contributed by atoms with Gasteiger partial charge in [0.15, 0.2) is 0 Å². The molecule has 0 unspecified atom stereocenters. The monoisotopic (exact) mass is 263 g/mol. The summed E-state index contributed by atoms with van der Waals surface area (Å²) in [4.78, 5) is 11.5. The quantitative estimate of drug-likeness (QED) is 0.493. The second-order valence-corrected chi connectivity index (χ2v) is 4.86. The van der Waals surface area contributed by atoms with E-state index in [0.29, 0.717) is 11.4 Å². The van der Waals surface area contributed by atoms with E-state index in [-0.39, 0.29) is 5.69 Å². The van der Waals surface area contributed by atoms with E-state index < -0.39 is 4.92 Å². The maximum atomic E-state index is 10.7. The predicted octanol–water partition coefficient (Wildman–Crippen LogP) is 2.89. The molecule has 0 amide bonds. The number of hydrogen-bond acceptors (Lipinski definition) is 5. The molecule has 0 radical (unpaired) electrons. The summed E-state index contributed by atoms with van der Waals surface area (Å²) in [6.45, 7) is 0.723. The van der Waals surface area contributed by atoms with Gasteiger partial charge in [0.05, 0.1) is 4.92 Å². The molecule has 0 bridgehead atoms. The summed E-state index contributed by atoms with van der Waals surface area (Å²) in [6, 6.07) is 8.61. The smallest absolute Gasteiger partial charge is 0.273 e. The maximum Gasteiger partial charge on any atom is 0.273 e. The van der Waals surface area contributed by atoms with Crippen LogP contribution in [0.2, 0.25) is 0 Å². The van der Waals surface area contributed by atoms with E-state index in [2.05, 4.69) is 11.4 Å². The Bertz CT molecular complexity index is 540. The van der Waals surface area contributed by atoms with Gasteiger partial charge in [-0.1, -0.05) is 6.07 Å². The van der Waals surface area contributed by atoms with Crippen molar-refractivity contribution >= 4 is 28.4 Å². The van der Waals surface area contributed by atoms with Crippen molar-refractivity contribution in [2.75, 3.05) is 17.6 Å². The average molecular weight is 263 g/mol. The third-order valence-corrected chi connectivity index (χ3v) is 3.37. The van der Waals surface area contributed by atoms with Gasteiger partial charge in [-0.3, -0.25) is 10.1 Å². The van der Waals surface area contributed by atoms with Gasteiger partial charge in [0.25, 0.3) is 5.69 Å². The van der Waals surface area contributed by atoms with E-state index in [1.165, 1.54) is 17.0 Å². The van der Waals surface area contributed by atoms with Crippen LogP contribution < -0.4 is 11.1 Å². The first-order valence-corrected chi connectivity index (χ1v) is 6.34. The van der Waals surface area contributed by atoms with Gasteiger partial charge in [0.1, 0.15) is 0 Å². The van der Waals surface area contributed by atoms with Crippen molar-refractivity contribution in [1.29, 1.82) is 0 Å². The number of rotatable bonds is 5. The van der Waals surface area contributed by atoms with Crippen molar-refractivity contribution in [1.82, 2.24) is 0 Å². The number of nitrogens with one attached hydrogen (secondary N) is 1. The summed E-state index contributed by atoms with van der Waals surface area (Å²) in [7, 11) is 0. The molecule has 3 N–H and O–H groups in total. The number of benzene rings is 1. The molecule has 2 rings (SSSR count). The SMILES string of the molecule is Nc1cc(NCCc2cccs2)cc([N+](=O)[O-])c1. The third kappa shape index (κ3) is 3.21. The zero-order chi connectivity index (χ0) is 13.0. The van der Waals surface area contributed by atoms with Crippen LogP contribution in [0.4, 0.5) is 17.1 Å². The number of nitrogens with zero attached hydrogens (tertiary/aromatic N) is 1. The first-order chi connectivity index (χ1) is 8.65. The summed E-state index contributed by atoms with van der Waals surface area (Å²) >= 11 is 1.70. The van der Waals surface area contributed by atoms with Crippen LogP contribution in [0.15, 0.2) is 35.7 Å². The molecule has 1 aromatic carbocycles. The standard InChI is InChI=1S/C12H13N3O2S/c13-9-6-10(8-11(7-9)15(16)17)14-4-3-12-2-1-5-18-12/h1-2,5-8,14H,3-4,13H2. The maximum absolute atomic E-state index is 10.7. The highest BCUT2D eigenvalue weighted by Crippen LogP contribution is 2.22. The van der Waals surface area contributed by atoms with Gasteiger partial charge >= 0.3 is 0 Å². The van der Waals surface area contributed by atoms with Gasteiger partial charge in [0.2, 0.25) is 0 Å². The number of thiophene rings is 1. The van der Waals surface area contributed by atoms with Crippen LogP contribution in [0.3, 0.4) is 0 Å². The van der Waals surface area contributed by atoms with Crippen LogP contribution in [-0.2, 0) is 6.42 Å². The average Bonchev–Trinajstić information content (AvgIpc) is 2.81. The fourth-order valence-electron chi connectivity index (χ4n) is 1.63. The number of nitro groups is 1. The molecular formula is C12H13N3O2S. The van der Waals surface area contributed by atoms with E-state index in [1.54, 1.807) is 17.4 Å². The zero-order valence-corrected chi connectivity index (χ0v) is 10.4. The number of nitrogens with two attached hydrogens (primary N) is 1. The number of non-ortho nitro benzene ring substituents is 1. The van der Waals surface area contributed by atoms with Crippen molar-refractivity contribution in [3.63, 3.8) is 0 Å². The van der Waals surface area contributed by atoms with Crippen molar-refractivity contribution in [2.45, 2.75) is 6.42 Å². The van der Waals surface area contributed by atoms with Crippen molar-refractivity contribution in [3.05, 3.63) is 50.7 Å². The summed E-state index contributed by atoms with van der Waals surface area (Å²) in [6.07, 6.45) is 0.889.